The van der Waals surface area contributed by atoms with Crippen LogP contribution < -0.4 is 0 Å². The Bertz CT molecular complexity index is 887. The third kappa shape index (κ3) is 6.37. The predicted molar refractivity (Wildman–Crippen MR) is 122 cm³/mol. The minimum absolute atomic E-state index is 0.0327. The van der Waals surface area contributed by atoms with Crippen LogP contribution in [-0.4, -0.2) is 89.4 Å². The molecule has 1 aliphatic rings. The Kier molecular flexibility index (Phi) is 8.75. The van der Waals surface area contributed by atoms with Gasteiger partial charge in [0.05, 0.1) is 11.6 Å². The maximum Gasteiger partial charge on any atom is 0.273 e. The van der Waals surface area contributed by atoms with Crippen molar-refractivity contribution in [1.82, 2.24) is 19.7 Å². The van der Waals surface area contributed by atoms with Crippen molar-refractivity contribution in [2.75, 3.05) is 45.9 Å². The third-order valence-electron chi connectivity index (χ3n) is 5.54. The molecule has 1 saturated heterocycles. The summed E-state index contributed by atoms with van der Waals surface area (Å²) in [5, 5.41) is 1.67. The monoisotopic (exact) mass is 458 g/mol. The van der Waals surface area contributed by atoms with Gasteiger partial charge in [-0.05, 0) is 25.8 Å². The molecule has 172 valence electrons. The molecule has 0 saturated carbocycles. The van der Waals surface area contributed by atoms with E-state index in [0.29, 0.717) is 38.3 Å². The Labute approximate surface area is 192 Å². The fourth-order valence-electron chi connectivity index (χ4n) is 3.70. The first-order valence-electron chi connectivity index (χ1n) is 10.9. The lowest BCUT2D eigenvalue weighted by atomic mass is 10.1. The van der Waals surface area contributed by atoms with Crippen LogP contribution >= 0.6 is 11.3 Å². The lowest BCUT2D eigenvalue weighted by Crippen LogP contribution is -2.41. The molecule has 2 heterocycles. The Morgan fingerprint density at radius 3 is 2.59 bits per heavy atom. The number of benzene rings is 1. The fraction of sp³-hybridized carbons (Fsp3) is 0.478. The van der Waals surface area contributed by atoms with E-state index in [1.165, 1.54) is 16.2 Å². The van der Waals surface area contributed by atoms with Gasteiger partial charge in [-0.25, -0.2) is 4.98 Å². The van der Waals surface area contributed by atoms with Crippen LogP contribution in [0.3, 0.4) is 0 Å². The van der Waals surface area contributed by atoms with E-state index in [1.54, 1.807) is 20.7 Å². The molecule has 1 fully saturated rings. The second-order valence-electron chi connectivity index (χ2n) is 7.63. The van der Waals surface area contributed by atoms with Crippen molar-refractivity contribution in [3.05, 3.63) is 52.5 Å². The Morgan fingerprint density at radius 2 is 1.94 bits per heavy atom. The molecular formula is C23H30N4O4S. The van der Waals surface area contributed by atoms with Gasteiger partial charge in [-0.15, -0.1) is 11.3 Å². The van der Waals surface area contributed by atoms with E-state index in [0.717, 1.165) is 5.56 Å². The topological polar surface area (TPSA) is 83.0 Å². The average Bonchev–Trinajstić information content (AvgIpc) is 3.29. The minimum atomic E-state index is -0.459. The van der Waals surface area contributed by atoms with Crippen LogP contribution in [0.15, 0.2) is 41.2 Å². The van der Waals surface area contributed by atoms with Crippen LogP contribution in [0, 0.1) is 0 Å². The fourth-order valence-corrected chi connectivity index (χ4v) is 4.23. The number of rotatable bonds is 9. The summed E-state index contributed by atoms with van der Waals surface area (Å²) >= 11 is 1.33. The van der Waals surface area contributed by atoms with Gasteiger partial charge in [0.1, 0.15) is 18.8 Å². The van der Waals surface area contributed by atoms with Crippen molar-refractivity contribution in [2.45, 2.75) is 26.4 Å². The molecule has 1 aliphatic heterocycles. The molecule has 0 spiro atoms. The second-order valence-corrected chi connectivity index (χ2v) is 8.35. The maximum atomic E-state index is 13.0. The van der Waals surface area contributed by atoms with Crippen LogP contribution in [0.2, 0.25) is 0 Å². The van der Waals surface area contributed by atoms with Crippen LogP contribution in [0.25, 0.3) is 0 Å². The first-order valence-corrected chi connectivity index (χ1v) is 11.8. The van der Waals surface area contributed by atoms with Crippen LogP contribution in [0.1, 0.15) is 29.9 Å². The van der Waals surface area contributed by atoms with Crippen molar-refractivity contribution < 1.29 is 19.1 Å². The molecule has 8 nitrogen and oxygen atoms in total. The number of hydrogen-bond acceptors (Lipinski definition) is 6. The summed E-state index contributed by atoms with van der Waals surface area (Å²) in [5.41, 5.74) is 3.04. The Hall–Kier alpha value is -2.78. The summed E-state index contributed by atoms with van der Waals surface area (Å²) in [5.74, 6) is -0.530. The quantitative estimate of drug-likeness (QED) is 0.573. The zero-order valence-electron chi connectivity index (χ0n) is 18.6. The molecule has 0 N–H and O–H groups in total. The van der Waals surface area contributed by atoms with Crippen molar-refractivity contribution in [2.24, 2.45) is 0 Å². The number of likely N-dealkylation sites (N-methyl/N-ethyl adjacent to an activating group) is 1. The third-order valence-corrected chi connectivity index (χ3v) is 6.12. The van der Waals surface area contributed by atoms with E-state index in [1.807, 2.05) is 44.2 Å². The van der Waals surface area contributed by atoms with Gasteiger partial charge in [0.2, 0.25) is 11.8 Å². The van der Waals surface area contributed by atoms with Gasteiger partial charge in [-0.3, -0.25) is 14.4 Å². The smallest absolute Gasteiger partial charge is 0.273 e. The summed E-state index contributed by atoms with van der Waals surface area (Å²) in [6.07, 6.45) is 0.247. The summed E-state index contributed by atoms with van der Waals surface area (Å²) in [6, 6.07) is 9.95. The van der Waals surface area contributed by atoms with Gasteiger partial charge in [0.25, 0.3) is 5.91 Å². The largest absolute Gasteiger partial charge is 0.365 e. The summed E-state index contributed by atoms with van der Waals surface area (Å²) in [6.45, 7) is 6.04. The molecule has 1 aromatic heterocycles. The van der Waals surface area contributed by atoms with Crippen LogP contribution in [0.4, 0.5) is 0 Å². The number of carbonyl (C=O) groups excluding carboxylic acids is 3. The van der Waals surface area contributed by atoms with Gasteiger partial charge in [0.15, 0.2) is 0 Å². The first kappa shape index (κ1) is 23.9. The number of amides is 3. The highest BCUT2D eigenvalue weighted by Crippen LogP contribution is 2.14. The molecular weight excluding hydrogens is 428 g/mol. The first-order chi connectivity index (χ1) is 15.5. The molecule has 3 amide bonds. The van der Waals surface area contributed by atoms with E-state index in [2.05, 4.69) is 4.98 Å². The number of aromatic nitrogens is 1. The van der Waals surface area contributed by atoms with Crippen molar-refractivity contribution >= 4 is 29.1 Å². The van der Waals surface area contributed by atoms with Crippen LogP contribution in [-0.2, 0) is 20.7 Å². The summed E-state index contributed by atoms with van der Waals surface area (Å²) in [4.78, 5) is 47.3. The highest BCUT2D eigenvalue weighted by Gasteiger charge is 2.32. The predicted octanol–water partition coefficient (Wildman–Crippen LogP) is 1.92. The lowest BCUT2D eigenvalue weighted by Gasteiger charge is -2.26. The molecule has 32 heavy (non-hydrogen) atoms. The van der Waals surface area contributed by atoms with Gasteiger partial charge >= 0.3 is 0 Å². The normalized spacial score (nSPS) is 16.7. The molecule has 0 aliphatic carbocycles. The number of hydrogen-bond donors (Lipinski definition) is 0. The zero-order valence-corrected chi connectivity index (χ0v) is 19.4. The molecule has 3 rings (SSSR count). The SMILES string of the molecule is CCN(CC)C(=O)CO[C@@H]1CN(CCc2ccccc2)C(=O)CN(C(=O)c2cscn2)C1. The van der Waals surface area contributed by atoms with E-state index < -0.39 is 6.10 Å². The van der Waals surface area contributed by atoms with Crippen molar-refractivity contribution in [1.29, 1.82) is 0 Å². The van der Waals surface area contributed by atoms with Crippen molar-refractivity contribution in [3.8, 4) is 0 Å². The zero-order chi connectivity index (χ0) is 22.9. The number of ether oxygens (including phenoxy) is 1. The van der Waals surface area contributed by atoms with E-state index >= 15 is 0 Å². The second kappa shape index (κ2) is 11.7. The number of thiazole rings is 1. The number of nitrogens with zero attached hydrogens (tertiary/aromatic N) is 4. The van der Waals surface area contributed by atoms with E-state index in [9.17, 15) is 14.4 Å². The molecule has 0 radical (unpaired) electrons. The van der Waals surface area contributed by atoms with E-state index in [4.69, 9.17) is 4.74 Å². The Morgan fingerprint density at radius 1 is 1.19 bits per heavy atom. The van der Waals surface area contributed by atoms with Crippen molar-refractivity contribution in [3.63, 3.8) is 0 Å². The van der Waals surface area contributed by atoms with E-state index in [-0.39, 0.29) is 37.4 Å². The molecule has 0 unspecified atom stereocenters. The molecule has 9 heteroatoms. The molecule has 0 bridgehead atoms. The van der Waals surface area contributed by atoms with Gasteiger partial charge < -0.3 is 19.4 Å². The van der Waals surface area contributed by atoms with Gasteiger partial charge in [-0.1, -0.05) is 30.3 Å². The summed E-state index contributed by atoms with van der Waals surface area (Å²) < 4.78 is 5.94. The number of carbonyl (C=O) groups is 3. The lowest BCUT2D eigenvalue weighted by molar-refractivity contribution is -0.138. The summed E-state index contributed by atoms with van der Waals surface area (Å²) in [7, 11) is 0. The molecule has 1 atom stereocenters. The standard InChI is InChI=1S/C23H30N4O4S/c1-3-25(4-2)22(29)15-31-19-12-26(11-10-18-8-6-5-7-9-18)21(28)14-27(13-19)23(30)20-16-32-17-24-20/h5-9,16-17,19H,3-4,10-15H2,1-2H3/t19-/m1/s1. The van der Waals surface area contributed by atoms with Gasteiger partial charge in [0, 0.05) is 38.1 Å². The molecule has 1 aromatic carbocycles. The average molecular weight is 459 g/mol. The highest BCUT2D eigenvalue weighted by molar-refractivity contribution is 7.07. The van der Waals surface area contributed by atoms with Crippen LogP contribution in [0.5, 0.6) is 0 Å². The highest BCUT2D eigenvalue weighted by atomic mass is 32.1. The maximum absolute atomic E-state index is 13.0. The minimum Gasteiger partial charge on any atom is -0.365 e. The Balaban J connectivity index is 1.71. The molecule has 2 aromatic rings. The van der Waals surface area contributed by atoms with Gasteiger partial charge in [-0.2, -0.15) is 0 Å².